The Bertz CT molecular complexity index is 976. The maximum Gasteiger partial charge on any atom is 0.247 e. The second-order valence-electron chi connectivity index (χ2n) is 8.89. The number of aldehydes is 1. The molecule has 0 radical (unpaired) electrons. The molecule has 1 aliphatic heterocycles. The van der Waals surface area contributed by atoms with Crippen molar-refractivity contribution in [1.82, 2.24) is 10.2 Å². The maximum atomic E-state index is 13.1. The number of methoxy groups -OCH3 is 1. The van der Waals surface area contributed by atoms with Crippen molar-refractivity contribution in [2.75, 3.05) is 33.4 Å². The first-order valence-corrected chi connectivity index (χ1v) is 11.7. The Kier molecular flexibility index (Phi) is 8.87. The van der Waals surface area contributed by atoms with Crippen molar-refractivity contribution in [2.24, 2.45) is 0 Å². The topological polar surface area (TPSA) is 135 Å². The minimum Gasteiger partial charge on any atom is -0.493 e. The van der Waals surface area contributed by atoms with Crippen LogP contribution in [-0.2, 0) is 14.3 Å². The number of hydrogen-bond acceptors (Lipinski definition) is 8. The lowest BCUT2D eigenvalue weighted by Crippen LogP contribution is -2.55. The van der Waals surface area contributed by atoms with Gasteiger partial charge in [0.25, 0.3) is 0 Å². The van der Waals surface area contributed by atoms with E-state index in [9.17, 15) is 24.6 Å². The van der Waals surface area contributed by atoms with Crippen molar-refractivity contribution >= 4 is 18.1 Å². The monoisotopic (exact) mass is 490 g/mol. The quantitative estimate of drug-likeness (QED) is 0.306. The third kappa shape index (κ3) is 5.66. The Morgan fingerprint density at radius 2 is 2.06 bits per heavy atom. The second kappa shape index (κ2) is 11.7. The van der Waals surface area contributed by atoms with Crippen LogP contribution in [0, 0.1) is 0 Å². The summed E-state index contributed by atoms with van der Waals surface area (Å²) < 4.78 is 17.1. The van der Waals surface area contributed by atoms with Gasteiger partial charge < -0.3 is 34.6 Å². The molecule has 0 saturated carbocycles. The zero-order valence-corrected chi connectivity index (χ0v) is 20.5. The molecule has 35 heavy (non-hydrogen) atoms. The molecule has 10 heteroatoms. The van der Waals surface area contributed by atoms with E-state index in [0.29, 0.717) is 48.5 Å². The molecule has 1 aromatic rings. The molecule has 1 aromatic carbocycles. The summed E-state index contributed by atoms with van der Waals surface area (Å²) in [4.78, 5) is 38.7. The van der Waals surface area contributed by atoms with Crippen LogP contribution in [0.25, 0.3) is 0 Å². The number of carbonyl (C=O) groups is 3. The van der Waals surface area contributed by atoms with Gasteiger partial charge in [-0.3, -0.25) is 14.4 Å². The van der Waals surface area contributed by atoms with Gasteiger partial charge in [0.2, 0.25) is 11.8 Å². The lowest BCUT2D eigenvalue weighted by Gasteiger charge is -2.40. The van der Waals surface area contributed by atoms with Crippen LogP contribution in [0.5, 0.6) is 11.5 Å². The zero-order chi connectivity index (χ0) is 25.7. The van der Waals surface area contributed by atoms with E-state index in [-0.39, 0.29) is 30.7 Å². The molecule has 0 fully saturated rings. The number of nitrogens with one attached hydrogen (secondary N) is 1. The molecule has 2 aliphatic rings. The Balaban J connectivity index is 2.02. The predicted octanol–water partition coefficient (Wildman–Crippen LogP) is 0.794. The van der Waals surface area contributed by atoms with Gasteiger partial charge >= 0.3 is 0 Å². The molecule has 3 N–H and O–H groups in total. The highest BCUT2D eigenvalue weighted by Crippen LogP contribution is 2.51. The van der Waals surface area contributed by atoms with Gasteiger partial charge in [0, 0.05) is 43.3 Å². The second-order valence-corrected chi connectivity index (χ2v) is 8.89. The molecule has 0 aromatic heterocycles. The third-order valence-electron chi connectivity index (χ3n) is 6.17. The molecule has 192 valence electrons. The highest BCUT2D eigenvalue weighted by molar-refractivity contribution is 5.96. The van der Waals surface area contributed by atoms with Crippen LogP contribution < -0.4 is 14.8 Å². The van der Waals surface area contributed by atoms with E-state index in [2.05, 4.69) is 5.32 Å². The van der Waals surface area contributed by atoms with Crippen LogP contribution in [-0.4, -0.2) is 91.0 Å². The molecule has 10 nitrogen and oxygen atoms in total. The maximum absolute atomic E-state index is 13.1. The van der Waals surface area contributed by atoms with Crippen LogP contribution in [0.3, 0.4) is 0 Å². The summed E-state index contributed by atoms with van der Waals surface area (Å²) >= 11 is 0. The minimum absolute atomic E-state index is 0.0369. The number of ether oxygens (including phenoxy) is 3. The van der Waals surface area contributed by atoms with Crippen molar-refractivity contribution < 1.29 is 38.8 Å². The number of aliphatic hydroxyl groups excluding tert-OH is 2. The van der Waals surface area contributed by atoms with Crippen molar-refractivity contribution in [3.63, 3.8) is 0 Å². The zero-order valence-electron chi connectivity index (χ0n) is 20.5. The van der Waals surface area contributed by atoms with E-state index >= 15 is 0 Å². The third-order valence-corrected chi connectivity index (χ3v) is 6.17. The van der Waals surface area contributed by atoms with Crippen LogP contribution in [0.2, 0.25) is 0 Å². The molecule has 0 spiro atoms. The molecule has 4 atom stereocenters. The van der Waals surface area contributed by atoms with Crippen LogP contribution >= 0.6 is 0 Å². The fourth-order valence-corrected chi connectivity index (χ4v) is 4.63. The first kappa shape index (κ1) is 26.7. The molecular formula is C25H34N2O8. The number of rotatable bonds is 11. The smallest absolute Gasteiger partial charge is 0.247 e. The molecule has 0 unspecified atom stereocenters. The van der Waals surface area contributed by atoms with E-state index in [0.717, 1.165) is 0 Å². The Morgan fingerprint density at radius 1 is 1.31 bits per heavy atom. The molecule has 0 saturated heterocycles. The van der Waals surface area contributed by atoms with Gasteiger partial charge in [-0.25, -0.2) is 0 Å². The van der Waals surface area contributed by atoms with Crippen molar-refractivity contribution in [1.29, 1.82) is 0 Å². The van der Waals surface area contributed by atoms with Gasteiger partial charge in [-0.05, 0) is 38.5 Å². The van der Waals surface area contributed by atoms with Gasteiger partial charge in [-0.15, -0.1) is 0 Å². The van der Waals surface area contributed by atoms with E-state index in [1.165, 1.54) is 25.0 Å². The SMILES string of the molecule is COc1cc(C=O)cc2c1O[C@@H]1[C@@H](O)[C@H](N(CCCOC(C)C)C(C)=O)C=C(C(=O)NCCO)[C@H]21. The van der Waals surface area contributed by atoms with E-state index in [1.807, 2.05) is 13.8 Å². The van der Waals surface area contributed by atoms with Gasteiger partial charge in [-0.1, -0.05) is 0 Å². The number of amides is 2. The Morgan fingerprint density at radius 3 is 2.66 bits per heavy atom. The van der Waals surface area contributed by atoms with Gasteiger partial charge in [0.1, 0.15) is 18.5 Å². The number of nitrogens with zero attached hydrogens (tertiary/aromatic N) is 1. The molecule has 2 amide bonds. The van der Waals surface area contributed by atoms with E-state index in [1.54, 1.807) is 12.1 Å². The average Bonchev–Trinajstić information content (AvgIpc) is 3.22. The molecule has 3 rings (SSSR count). The standard InChI is InChI=1S/C25H34N2O8/c1-14(2)34-9-5-7-27(15(3)30)19-12-18(25(32)26-6-8-28)21-17-10-16(13-29)11-20(33-4)23(17)35-24(21)22(19)31/h10-14,19,21-22,24,28,31H,5-9H2,1-4H3,(H,26,32)/t19-,21+,22+,24+/m1/s1. The first-order valence-electron chi connectivity index (χ1n) is 11.7. The number of carbonyl (C=O) groups excluding carboxylic acids is 3. The number of aliphatic hydroxyl groups is 2. The fourth-order valence-electron chi connectivity index (χ4n) is 4.63. The van der Waals surface area contributed by atoms with Crippen molar-refractivity contribution in [2.45, 2.75) is 57.5 Å². The molecule has 1 aliphatic carbocycles. The largest absolute Gasteiger partial charge is 0.493 e. The Hall–Kier alpha value is -2.95. The highest BCUT2D eigenvalue weighted by atomic mass is 16.5. The predicted molar refractivity (Wildman–Crippen MR) is 127 cm³/mol. The Labute approximate surface area is 204 Å². The van der Waals surface area contributed by atoms with E-state index in [4.69, 9.17) is 14.2 Å². The summed E-state index contributed by atoms with van der Waals surface area (Å²) in [6.07, 6.45) is 0.819. The fraction of sp³-hybridized carbons (Fsp3) is 0.560. The summed E-state index contributed by atoms with van der Waals surface area (Å²) in [6.45, 7) is 5.80. The lowest BCUT2D eigenvalue weighted by atomic mass is 9.77. The number of fused-ring (bicyclic) bond motifs is 3. The van der Waals surface area contributed by atoms with Crippen LogP contribution in [0.4, 0.5) is 0 Å². The summed E-state index contributed by atoms with van der Waals surface area (Å²) in [5, 5.41) is 23.2. The molecular weight excluding hydrogens is 456 g/mol. The highest BCUT2D eigenvalue weighted by Gasteiger charge is 2.51. The molecule has 1 heterocycles. The number of hydrogen-bond donors (Lipinski definition) is 3. The van der Waals surface area contributed by atoms with Gasteiger partial charge in [-0.2, -0.15) is 0 Å². The molecule has 0 bridgehead atoms. The average molecular weight is 491 g/mol. The lowest BCUT2D eigenvalue weighted by molar-refractivity contribution is -0.135. The van der Waals surface area contributed by atoms with Crippen LogP contribution in [0.15, 0.2) is 23.8 Å². The van der Waals surface area contributed by atoms with Gasteiger partial charge in [0.15, 0.2) is 11.5 Å². The van der Waals surface area contributed by atoms with Crippen LogP contribution in [0.1, 0.15) is 49.0 Å². The first-order chi connectivity index (χ1) is 16.7. The summed E-state index contributed by atoms with van der Waals surface area (Å²) in [7, 11) is 1.44. The van der Waals surface area contributed by atoms with Crippen molar-refractivity contribution in [3.8, 4) is 11.5 Å². The van der Waals surface area contributed by atoms with Crippen molar-refractivity contribution in [3.05, 3.63) is 34.9 Å². The van der Waals surface area contributed by atoms with E-state index < -0.39 is 30.1 Å². The number of benzene rings is 1. The minimum atomic E-state index is -1.15. The summed E-state index contributed by atoms with van der Waals surface area (Å²) in [6, 6.07) is 2.31. The van der Waals surface area contributed by atoms with Gasteiger partial charge in [0.05, 0.1) is 31.8 Å². The summed E-state index contributed by atoms with van der Waals surface area (Å²) in [5.41, 5.74) is 1.17. The normalized spacial score (nSPS) is 22.5. The summed E-state index contributed by atoms with van der Waals surface area (Å²) in [5.74, 6) is -0.758.